The molecule has 1 heterocycles. The van der Waals surface area contributed by atoms with Gasteiger partial charge in [-0.3, -0.25) is 0 Å². The predicted molar refractivity (Wildman–Crippen MR) is 205 cm³/mol. The van der Waals surface area contributed by atoms with Crippen molar-refractivity contribution in [2.45, 2.75) is 206 Å². The molecule has 3 aliphatic carbocycles. The quantitative estimate of drug-likeness (QED) is 0.0679. The van der Waals surface area contributed by atoms with Crippen molar-refractivity contribution in [3.8, 4) is 0 Å². The predicted octanol–water partition coefficient (Wildman–Crippen LogP) is 3.28. The molecule has 1 saturated carbocycles. The van der Waals surface area contributed by atoms with Crippen LogP contribution in [0.5, 0.6) is 0 Å². The van der Waals surface area contributed by atoms with E-state index < -0.39 is 80.4 Å². The second-order valence-corrected chi connectivity index (χ2v) is 18.8. The van der Waals surface area contributed by atoms with Gasteiger partial charge in [-0.1, -0.05) is 52.7 Å². The molecule has 4 aliphatic rings. The molecule has 0 aromatic carbocycles. The summed E-state index contributed by atoms with van der Waals surface area (Å²) in [7, 11) is 0. The number of fused-ring (bicyclic) bond motifs is 2. The third-order valence-electron chi connectivity index (χ3n) is 15.2. The number of hydrogen-bond acceptors (Lipinski definition) is 13. The highest BCUT2D eigenvalue weighted by molar-refractivity contribution is 5.37. The van der Waals surface area contributed by atoms with Crippen molar-refractivity contribution in [3.05, 3.63) is 11.1 Å². The van der Waals surface area contributed by atoms with Gasteiger partial charge in [0.2, 0.25) is 12.6 Å². The van der Waals surface area contributed by atoms with Crippen LogP contribution in [0.2, 0.25) is 0 Å². The van der Waals surface area contributed by atoms with Gasteiger partial charge in [0.1, 0.15) is 30.5 Å². The van der Waals surface area contributed by atoms with Gasteiger partial charge in [-0.15, -0.1) is 0 Å². The molecule has 0 bridgehead atoms. The average molecular weight is 789 g/mol. The van der Waals surface area contributed by atoms with Crippen LogP contribution in [-0.2, 0) is 18.9 Å². The van der Waals surface area contributed by atoms with E-state index in [9.17, 15) is 46.0 Å². The van der Waals surface area contributed by atoms with Crippen molar-refractivity contribution in [1.82, 2.24) is 0 Å². The van der Waals surface area contributed by atoms with Gasteiger partial charge in [-0.05, 0) is 125 Å². The normalized spacial score (nSPS) is 39.0. The number of aliphatic hydroxyl groups is 9. The Morgan fingerprint density at radius 1 is 0.873 bits per heavy atom. The third kappa shape index (κ3) is 9.66. The lowest BCUT2D eigenvalue weighted by Crippen LogP contribution is -2.60. The van der Waals surface area contributed by atoms with Gasteiger partial charge in [0, 0.05) is 0 Å². The Bertz CT molecular complexity index is 1260. The van der Waals surface area contributed by atoms with Gasteiger partial charge in [0.25, 0.3) is 0 Å². The Kier molecular flexibility index (Phi) is 15.9. The third-order valence-corrected chi connectivity index (χ3v) is 15.2. The summed E-state index contributed by atoms with van der Waals surface area (Å²) < 4.78 is 23.3. The molecule has 11 unspecified atom stereocenters. The highest BCUT2D eigenvalue weighted by Gasteiger charge is 2.61. The van der Waals surface area contributed by atoms with Crippen molar-refractivity contribution in [1.29, 1.82) is 0 Å². The number of rotatable bonds is 19. The Morgan fingerprint density at radius 2 is 1.55 bits per heavy atom. The van der Waals surface area contributed by atoms with E-state index >= 15 is 0 Å². The molecule has 0 aromatic rings. The topological polar surface area (TPSA) is 219 Å². The molecular weight excluding hydrogens is 712 g/mol. The minimum Gasteiger partial charge on any atom is -0.394 e. The van der Waals surface area contributed by atoms with Crippen LogP contribution in [0.25, 0.3) is 0 Å². The summed E-state index contributed by atoms with van der Waals surface area (Å²) in [5.74, 6) is 0.795. The molecule has 0 spiro atoms. The van der Waals surface area contributed by atoms with E-state index in [2.05, 4.69) is 34.6 Å². The van der Waals surface area contributed by atoms with Crippen LogP contribution in [0.4, 0.5) is 0 Å². The average Bonchev–Trinajstić information content (AvgIpc) is 3.42. The highest BCUT2D eigenvalue weighted by Crippen LogP contribution is 2.70. The summed E-state index contributed by atoms with van der Waals surface area (Å²) in [4.78, 5) is 0. The Balaban J connectivity index is 1.44. The maximum Gasteiger partial charge on any atom is 0.209 e. The Labute approximate surface area is 329 Å². The molecule has 0 radical (unpaired) electrons. The number of hydrogen-bond donors (Lipinski definition) is 9. The molecule has 2 fully saturated rings. The minimum atomic E-state index is -1.93. The first kappa shape index (κ1) is 46.9. The largest absolute Gasteiger partial charge is 0.394 e. The van der Waals surface area contributed by atoms with Crippen LogP contribution in [-0.4, -0.2) is 132 Å². The van der Waals surface area contributed by atoms with E-state index in [4.69, 9.17) is 18.9 Å². The zero-order valence-corrected chi connectivity index (χ0v) is 34.9. The van der Waals surface area contributed by atoms with Crippen LogP contribution in [0.1, 0.15) is 133 Å². The molecule has 322 valence electrons. The monoisotopic (exact) mass is 789 g/mol. The van der Waals surface area contributed by atoms with E-state index in [1.807, 2.05) is 20.8 Å². The molecule has 0 amide bonds. The summed E-state index contributed by atoms with van der Waals surface area (Å²) in [6.45, 7) is 17.9. The SMILES string of the molecule is CC[C@H](CC[C@]1(C)C2=C(CCC1C)[C@]1(C)CCC([C@H](C)C(O)CCC(C)(C)OC3OC(CO)C(O)C(O)C3O)[C@@]1(C)CC2)OC(OC(CO)C(C)O)C(O)O. The fourth-order valence-corrected chi connectivity index (χ4v) is 10.8. The molecule has 13 nitrogen and oxygen atoms in total. The van der Waals surface area contributed by atoms with E-state index in [-0.39, 0.29) is 28.3 Å². The van der Waals surface area contributed by atoms with E-state index in [1.54, 1.807) is 11.1 Å². The summed E-state index contributed by atoms with van der Waals surface area (Å²) in [6, 6.07) is 0. The standard InChI is InChI=1S/C42H76O13/c1-10-26(52-38(36(50)51)53-31(21-43)25(4)45)13-18-40(7)23(2)11-12-29-28(40)15-20-41(8)27(14-19-42(29,41)9)24(3)30(46)16-17-39(5,6)55-37-35(49)34(48)33(47)32(22-44)54-37/h23-27,30-38,43-51H,10-22H2,1-9H3/t23?,24-,25?,26+,27?,30?,31?,32?,33?,34?,35?,37?,38?,40-,41+,42-/m0/s1. The Morgan fingerprint density at radius 3 is 2.13 bits per heavy atom. The second-order valence-electron chi connectivity index (χ2n) is 18.8. The van der Waals surface area contributed by atoms with Crippen molar-refractivity contribution in [3.63, 3.8) is 0 Å². The van der Waals surface area contributed by atoms with Gasteiger partial charge < -0.3 is 64.9 Å². The molecule has 9 N–H and O–H groups in total. The molecule has 0 aromatic heterocycles. The van der Waals surface area contributed by atoms with Crippen molar-refractivity contribution in [2.24, 2.45) is 34.0 Å². The van der Waals surface area contributed by atoms with Crippen LogP contribution < -0.4 is 0 Å². The molecule has 1 saturated heterocycles. The summed E-state index contributed by atoms with van der Waals surface area (Å²) in [5.41, 5.74) is 2.25. The van der Waals surface area contributed by atoms with Gasteiger partial charge in [0.15, 0.2) is 6.29 Å². The van der Waals surface area contributed by atoms with E-state index in [0.29, 0.717) is 37.5 Å². The lowest BCUT2D eigenvalue weighted by atomic mass is 9.47. The maximum atomic E-state index is 11.7. The van der Waals surface area contributed by atoms with Gasteiger partial charge in [-0.2, -0.15) is 0 Å². The first-order valence-electron chi connectivity index (χ1n) is 21.0. The smallest absolute Gasteiger partial charge is 0.209 e. The zero-order valence-electron chi connectivity index (χ0n) is 34.9. The lowest BCUT2D eigenvalue weighted by molar-refractivity contribution is -0.324. The minimum absolute atomic E-state index is 0.0000432. The first-order valence-corrected chi connectivity index (χ1v) is 21.0. The second kappa shape index (κ2) is 18.6. The summed E-state index contributed by atoms with van der Waals surface area (Å²) in [6.07, 6.45) is -3.60. The van der Waals surface area contributed by atoms with Gasteiger partial charge >= 0.3 is 0 Å². The molecular formula is C42H76O13. The molecule has 13 heteroatoms. The van der Waals surface area contributed by atoms with Crippen molar-refractivity contribution >= 4 is 0 Å². The maximum absolute atomic E-state index is 11.7. The summed E-state index contributed by atoms with van der Waals surface area (Å²) in [5, 5.41) is 91.8. The zero-order chi connectivity index (χ0) is 41.3. The van der Waals surface area contributed by atoms with Crippen molar-refractivity contribution in [2.75, 3.05) is 13.2 Å². The highest BCUT2D eigenvalue weighted by atomic mass is 16.7. The first-order chi connectivity index (χ1) is 25.6. The van der Waals surface area contributed by atoms with Gasteiger partial charge in [0.05, 0.1) is 37.1 Å². The lowest BCUT2D eigenvalue weighted by Gasteiger charge is -2.57. The fraction of sp³-hybridized carbons (Fsp3) is 0.952. The molecule has 55 heavy (non-hydrogen) atoms. The summed E-state index contributed by atoms with van der Waals surface area (Å²) >= 11 is 0. The van der Waals surface area contributed by atoms with Crippen LogP contribution in [0.15, 0.2) is 11.1 Å². The number of aliphatic hydroxyl groups excluding tert-OH is 8. The fourth-order valence-electron chi connectivity index (χ4n) is 10.8. The van der Waals surface area contributed by atoms with Crippen LogP contribution in [0, 0.1) is 34.0 Å². The van der Waals surface area contributed by atoms with E-state index in [0.717, 1.165) is 44.9 Å². The van der Waals surface area contributed by atoms with E-state index in [1.165, 1.54) is 6.92 Å². The van der Waals surface area contributed by atoms with Crippen LogP contribution >= 0.6 is 0 Å². The van der Waals surface area contributed by atoms with Crippen molar-refractivity contribution < 1.29 is 64.9 Å². The number of allylic oxidation sites excluding steroid dienone is 2. The van der Waals surface area contributed by atoms with Crippen LogP contribution in [0.3, 0.4) is 0 Å². The molecule has 4 rings (SSSR count). The van der Waals surface area contributed by atoms with Gasteiger partial charge in [-0.25, -0.2) is 0 Å². The molecule has 1 aliphatic heterocycles. The molecule has 16 atom stereocenters. The Hall–Kier alpha value is -0.780. The number of ether oxygens (including phenoxy) is 4.